The number of benzene rings is 5. The third-order valence-corrected chi connectivity index (χ3v) is 10.4. The number of hydrogen-bond donors (Lipinski definition) is 0. The maximum absolute atomic E-state index is 6.57. The Morgan fingerprint density at radius 3 is 2.17 bits per heavy atom. The maximum atomic E-state index is 6.57. The van der Waals surface area contributed by atoms with Gasteiger partial charge in [-0.05, 0) is 67.9 Å². The minimum Gasteiger partial charge on any atom is -0.455 e. The van der Waals surface area contributed by atoms with Gasteiger partial charge in [0, 0.05) is 35.0 Å². The molecule has 0 unspecified atom stereocenters. The van der Waals surface area contributed by atoms with Crippen molar-refractivity contribution < 1.29 is 13.6 Å². The lowest BCUT2D eigenvalue weighted by molar-refractivity contribution is -0.602. The molecule has 5 heterocycles. The third kappa shape index (κ3) is 3.86. The fourth-order valence-electron chi connectivity index (χ4n) is 8.05. The van der Waals surface area contributed by atoms with Gasteiger partial charge in [-0.25, -0.2) is 0 Å². The predicted molar refractivity (Wildman–Crippen MR) is 192 cm³/mol. The Morgan fingerprint density at radius 2 is 1.30 bits per heavy atom. The van der Waals surface area contributed by atoms with Crippen LogP contribution in [0, 0.1) is 0 Å². The second-order valence-corrected chi connectivity index (χ2v) is 14.2. The van der Waals surface area contributed by atoms with E-state index in [4.69, 9.17) is 4.42 Å². The third-order valence-electron chi connectivity index (χ3n) is 10.4. The molecule has 0 atom stereocenters. The van der Waals surface area contributed by atoms with Gasteiger partial charge in [0.25, 0.3) is 11.4 Å². The van der Waals surface area contributed by atoms with Gasteiger partial charge in [-0.1, -0.05) is 87.5 Å². The highest BCUT2D eigenvalue weighted by molar-refractivity contribution is 6.11. The fourth-order valence-corrected chi connectivity index (χ4v) is 8.05. The van der Waals surface area contributed by atoms with Gasteiger partial charge in [-0.3, -0.25) is 0 Å². The lowest BCUT2D eigenvalue weighted by Crippen LogP contribution is -2.47. The van der Waals surface area contributed by atoms with Gasteiger partial charge in [-0.2, -0.15) is 9.13 Å². The van der Waals surface area contributed by atoms with Gasteiger partial charge in [0.1, 0.15) is 11.2 Å². The molecule has 0 aliphatic carbocycles. The van der Waals surface area contributed by atoms with Crippen molar-refractivity contribution >= 4 is 54.9 Å². The van der Waals surface area contributed by atoms with E-state index in [0.29, 0.717) is 0 Å². The van der Waals surface area contributed by atoms with Crippen LogP contribution >= 0.6 is 0 Å². The number of pyridine rings is 2. The summed E-state index contributed by atoms with van der Waals surface area (Å²) in [7, 11) is 0. The summed E-state index contributed by atoms with van der Waals surface area (Å²) in [5.41, 5.74) is 13.5. The summed E-state index contributed by atoms with van der Waals surface area (Å²) in [5.74, 6) is 0. The average Bonchev–Trinajstić information content (AvgIpc) is 3.48. The molecule has 5 aromatic carbocycles. The van der Waals surface area contributed by atoms with Crippen LogP contribution in [-0.2, 0) is 18.3 Å². The molecule has 0 radical (unpaired) electrons. The van der Waals surface area contributed by atoms with Gasteiger partial charge in [-0.15, -0.1) is 0 Å². The zero-order valence-electron chi connectivity index (χ0n) is 26.8. The average molecular weight is 607 g/mol. The number of allylic oxidation sites excluding steroid dienone is 2. The Kier molecular flexibility index (Phi) is 5.38. The topological polar surface area (TPSA) is 20.9 Å². The van der Waals surface area contributed by atoms with E-state index in [1.807, 2.05) is 0 Å². The monoisotopic (exact) mass is 606 g/mol. The van der Waals surface area contributed by atoms with Crippen LogP contribution in [0.15, 0.2) is 132 Å². The molecule has 2 aliphatic rings. The number of nitrogens with zero attached hydrogens (tertiary/aromatic N) is 2. The Balaban J connectivity index is 1.25. The van der Waals surface area contributed by atoms with Crippen molar-refractivity contribution in [1.29, 1.82) is 0 Å². The van der Waals surface area contributed by atoms with Crippen LogP contribution in [0.3, 0.4) is 0 Å². The molecule has 0 saturated heterocycles. The van der Waals surface area contributed by atoms with Gasteiger partial charge >= 0.3 is 0 Å². The lowest BCUT2D eigenvalue weighted by atomic mass is 9.84. The minimum atomic E-state index is 0.0349. The quantitative estimate of drug-likeness (QED) is 0.124. The molecule has 3 nitrogen and oxygen atoms in total. The normalized spacial score (nSPS) is 15.6. The van der Waals surface area contributed by atoms with E-state index in [-0.39, 0.29) is 5.41 Å². The molecule has 0 spiro atoms. The minimum absolute atomic E-state index is 0.0349. The van der Waals surface area contributed by atoms with E-state index in [1.54, 1.807) is 0 Å². The maximum Gasteiger partial charge on any atom is 0.259 e. The molecular formula is C44H34N2O+2. The Hall–Kier alpha value is -5.54. The molecule has 2 aliphatic heterocycles. The lowest BCUT2D eigenvalue weighted by Gasteiger charge is -2.24. The van der Waals surface area contributed by atoms with Crippen molar-refractivity contribution in [3.8, 4) is 22.5 Å². The largest absolute Gasteiger partial charge is 0.455 e. The van der Waals surface area contributed by atoms with Crippen LogP contribution < -0.4 is 9.13 Å². The van der Waals surface area contributed by atoms with Gasteiger partial charge in [0.15, 0.2) is 12.4 Å². The standard InChI is InChI=1S/C44H34N2O/c1-44(2,3)31-19-21-46-38(25-31)36-26-35-28(16-15-27-10-4-5-11-32(27)35)22-30(36)24-40(46)39-23-29-17-18-34-33-12-6-7-14-41(33)47-43(34)42(29)37-13-8-9-20-45(37)39/h4-22,25-26H,23-24H2,1-3H3/q+2/b40-39+. The molecule has 3 heteroatoms. The van der Waals surface area contributed by atoms with Crippen LogP contribution in [0.5, 0.6) is 0 Å². The molecule has 0 N–H and O–H groups in total. The Bertz CT molecular complexity index is 2670. The summed E-state index contributed by atoms with van der Waals surface area (Å²) in [5, 5.41) is 7.53. The molecule has 0 bridgehead atoms. The van der Waals surface area contributed by atoms with Gasteiger partial charge < -0.3 is 4.42 Å². The zero-order valence-corrected chi connectivity index (χ0v) is 26.8. The molecule has 3 aromatic heterocycles. The molecule has 224 valence electrons. The smallest absolute Gasteiger partial charge is 0.259 e. The second-order valence-electron chi connectivity index (χ2n) is 14.2. The first-order valence-corrected chi connectivity index (χ1v) is 16.6. The molecule has 0 saturated carbocycles. The number of para-hydroxylation sites is 1. The summed E-state index contributed by atoms with van der Waals surface area (Å²) in [4.78, 5) is 0. The summed E-state index contributed by atoms with van der Waals surface area (Å²) < 4.78 is 11.5. The molecule has 47 heavy (non-hydrogen) atoms. The van der Waals surface area contributed by atoms with E-state index in [2.05, 4.69) is 158 Å². The van der Waals surface area contributed by atoms with Crippen LogP contribution in [0.1, 0.15) is 37.5 Å². The molecule has 8 aromatic rings. The van der Waals surface area contributed by atoms with E-state index in [1.165, 1.54) is 82.9 Å². The van der Waals surface area contributed by atoms with Crippen LogP contribution in [0.25, 0.3) is 77.4 Å². The summed E-state index contributed by atoms with van der Waals surface area (Å²) >= 11 is 0. The summed E-state index contributed by atoms with van der Waals surface area (Å²) in [6.07, 6.45) is 6.22. The van der Waals surface area contributed by atoms with Crippen LogP contribution in [-0.4, -0.2) is 0 Å². The number of aromatic nitrogens is 2. The van der Waals surface area contributed by atoms with E-state index >= 15 is 0 Å². The highest BCUT2D eigenvalue weighted by atomic mass is 16.3. The van der Waals surface area contributed by atoms with Crippen LogP contribution in [0.4, 0.5) is 0 Å². The number of fused-ring (bicyclic) bond motifs is 13. The first-order chi connectivity index (χ1) is 22.9. The first kappa shape index (κ1) is 26.7. The fraction of sp³-hybridized carbons (Fsp3) is 0.136. The SMILES string of the molecule is CC(C)(C)c1cc[n+]2c(c1)-c1cc3c(ccc4ccccc43)cc1C/C2=C1/Cc2ccc3c(oc4ccccc43)c2-c2cccc[n+]21. The Labute approximate surface area is 273 Å². The first-order valence-electron chi connectivity index (χ1n) is 16.6. The summed E-state index contributed by atoms with van der Waals surface area (Å²) in [6, 6.07) is 42.4. The molecular weight excluding hydrogens is 572 g/mol. The van der Waals surface area contributed by atoms with Crippen molar-refractivity contribution in [2.45, 2.75) is 39.0 Å². The van der Waals surface area contributed by atoms with Crippen molar-refractivity contribution in [2.24, 2.45) is 0 Å². The van der Waals surface area contributed by atoms with Crippen molar-refractivity contribution in [2.75, 3.05) is 0 Å². The molecule has 10 rings (SSSR count). The van der Waals surface area contributed by atoms with Crippen LogP contribution in [0.2, 0.25) is 0 Å². The highest BCUT2D eigenvalue weighted by Crippen LogP contribution is 2.42. The van der Waals surface area contributed by atoms with E-state index in [0.717, 1.165) is 24.0 Å². The van der Waals surface area contributed by atoms with Gasteiger partial charge in [0.2, 0.25) is 11.4 Å². The molecule has 0 amide bonds. The highest BCUT2D eigenvalue weighted by Gasteiger charge is 2.40. The van der Waals surface area contributed by atoms with E-state index in [9.17, 15) is 0 Å². The number of rotatable bonds is 0. The number of furan rings is 1. The van der Waals surface area contributed by atoms with Crippen molar-refractivity contribution in [3.63, 3.8) is 0 Å². The van der Waals surface area contributed by atoms with E-state index < -0.39 is 0 Å². The Morgan fingerprint density at radius 1 is 0.553 bits per heavy atom. The molecule has 0 fully saturated rings. The predicted octanol–water partition coefficient (Wildman–Crippen LogP) is 10.0. The zero-order chi connectivity index (χ0) is 31.4. The summed E-state index contributed by atoms with van der Waals surface area (Å²) in [6.45, 7) is 6.91. The van der Waals surface area contributed by atoms with Crippen molar-refractivity contribution in [3.05, 3.63) is 144 Å². The number of hydrogen-bond acceptors (Lipinski definition) is 1. The second kappa shape index (κ2) is 9.49. The van der Waals surface area contributed by atoms with Gasteiger partial charge in [0.05, 0.1) is 24.0 Å². The van der Waals surface area contributed by atoms with Crippen molar-refractivity contribution in [1.82, 2.24) is 0 Å².